The van der Waals surface area contributed by atoms with Crippen LogP contribution >= 0.6 is 0 Å². The van der Waals surface area contributed by atoms with Crippen molar-refractivity contribution in [3.05, 3.63) is 0 Å². The summed E-state index contributed by atoms with van der Waals surface area (Å²) in [6.45, 7) is 2.53. The van der Waals surface area contributed by atoms with Gasteiger partial charge in [0, 0.05) is 13.3 Å². The normalized spacial score (nSPS) is 17.2. The Morgan fingerprint density at radius 1 is 1.54 bits per heavy atom. The van der Waals surface area contributed by atoms with Crippen LogP contribution in [0.1, 0.15) is 20.3 Å². The lowest BCUT2D eigenvalue weighted by molar-refractivity contribution is -0.157. The van der Waals surface area contributed by atoms with E-state index in [4.69, 9.17) is 5.11 Å². The summed E-state index contributed by atoms with van der Waals surface area (Å²) in [7, 11) is 0. The molecule has 0 aromatic carbocycles. The molecule has 0 aliphatic carbocycles. The van der Waals surface area contributed by atoms with Gasteiger partial charge in [0.05, 0.1) is 6.10 Å². The quantitative estimate of drug-likeness (QED) is 0.440. The third-order valence-electron chi connectivity index (χ3n) is 1.52. The topological polar surface area (TPSA) is 83.8 Å². The second-order valence-electron chi connectivity index (χ2n) is 2.78. The predicted octanol–water partition coefficient (Wildman–Crippen LogP) is -0.751. The van der Waals surface area contributed by atoms with Gasteiger partial charge in [0.2, 0.25) is 0 Å². The molecule has 0 radical (unpaired) electrons. The summed E-state index contributed by atoms with van der Waals surface area (Å²) in [6.07, 6.45) is -2.82. The van der Waals surface area contributed by atoms with Gasteiger partial charge in [-0.2, -0.15) is 0 Å². The molecule has 76 valence electrons. The molecular weight excluding hydrogens is 176 g/mol. The van der Waals surface area contributed by atoms with E-state index in [2.05, 4.69) is 4.74 Å². The van der Waals surface area contributed by atoms with Crippen molar-refractivity contribution in [1.82, 2.24) is 0 Å². The van der Waals surface area contributed by atoms with E-state index in [0.717, 1.165) is 0 Å². The number of hydrogen-bond acceptors (Lipinski definition) is 5. The first kappa shape index (κ1) is 12.1. The summed E-state index contributed by atoms with van der Waals surface area (Å²) in [5, 5.41) is 18.3. The van der Waals surface area contributed by atoms with Crippen molar-refractivity contribution < 1.29 is 24.5 Å². The summed E-state index contributed by atoms with van der Waals surface area (Å²) in [6, 6.07) is 0. The van der Waals surface area contributed by atoms with Crippen molar-refractivity contribution in [2.45, 2.75) is 38.6 Å². The molecule has 0 unspecified atom stereocenters. The van der Waals surface area contributed by atoms with Crippen LogP contribution in [-0.2, 0) is 14.3 Å². The van der Waals surface area contributed by atoms with Gasteiger partial charge in [-0.25, -0.2) is 0 Å². The van der Waals surface area contributed by atoms with Gasteiger partial charge >= 0.3 is 5.97 Å². The highest BCUT2D eigenvalue weighted by Crippen LogP contribution is 2.07. The van der Waals surface area contributed by atoms with Crippen molar-refractivity contribution >= 4 is 12.3 Å². The van der Waals surface area contributed by atoms with Crippen LogP contribution in [0.25, 0.3) is 0 Å². The van der Waals surface area contributed by atoms with Gasteiger partial charge in [0.25, 0.3) is 0 Å². The number of aliphatic hydroxyl groups excluding tert-OH is 2. The van der Waals surface area contributed by atoms with Crippen LogP contribution in [0, 0.1) is 0 Å². The Kier molecular flexibility index (Phi) is 5.25. The van der Waals surface area contributed by atoms with Gasteiger partial charge in [-0.15, -0.1) is 0 Å². The van der Waals surface area contributed by atoms with Crippen LogP contribution in [0.3, 0.4) is 0 Å². The molecule has 0 aromatic rings. The average Bonchev–Trinajstić information content (AvgIpc) is 2.01. The van der Waals surface area contributed by atoms with Crippen LogP contribution in [0.2, 0.25) is 0 Å². The molecule has 13 heavy (non-hydrogen) atoms. The zero-order chi connectivity index (χ0) is 10.4. The van der Waals surface area contributed by atoms with E-state index in [-0.39, 0.29) is 6.42 Å². The predicted molar refractivity (Wildman–Crippen MR) is 43.9 cm³/mol. The van der Waals surface area contributed by atoms with E-state index in [0.29, 0.717) is 6.29 Å². The SMILES string of the molecule is CC(=O)O[C@@H](CC=O)[C@H](O)[C@H](C)O. The maximum absolute atomic E-state index is 10.5. The fourth-order valence-electron chi connectivity index (χ4n) is 0.876. The Hall–Kier alpha value is -0.940. The van der Waals surface area contributed by atoms with Crippen LogP contribution in [0.5, 0.6) is 0 Å². The fraction of sp³-hybridized carbons (Fsp3) is 0.750. The smallest absolute Gasteiger partial charge is 0.303 e. The standard InChI is InChI=1S/C8H14O5/c1-5(10)8(12)7(3-4-9)13-6(2)11/h4-5,7-8,10,12H,3H2,1-2H3/t5-,7-,8+/m0/s1. The van der Waals surface area contributed by atoms with Crippen molar-refractivity contribution in [1.29, 1.82) is 0 Å². The first-order valence-corrected chi connectivity index (χ1v) is 3.96. The van der Waals surface area contributed by atoms with Gasteiger partial charge in [0.15, 0.2) is 0 Å². The molecule has 0 fully saturated rings. The van der Waals surface area contributed by atoms with E-state index >= 15 is 0 Å². The molecule has 0 saturated heterocycles. The second kappa shape index (κ2) is 5.66. The number of aliphatic hydroxyl groups is 2. The van der Waals surface area contributed by atoms with E-state index < -0.39 is 24.3 Å². The van der Waals surface area contributed by atoms with Gasteiger partial charge in [-0.05, 0) is 6.92 Å². The van der Waals surface area contributed by atoms with E-state index in [9.17, 15) is 14.7 Å². The Morgan fingerprint density at radius 3 is 2.38 bits per heavy atom. The third-order valence-corrected chi connectivity index (χ3v) is 1.52. The monoisotopic (exact) mass is 190 g/mol. The van der Waals surface area contributed by atoms with E-state index in [1.54, 1.807) is 0 Å². The minimum Gasteiger partial charge on any atom is -0.459 e. The molecule has 0 saturated carbocycles. The number of carbonyl (C=O) groups excluding carboxylic acids is 2. The Bertz CT molecular complexity index is 177. The average molecular weight is 190 g/mol. The molecule has 3 atom stereocenters. The van der Waals surface area contributed by atoms with Crippen LogP contribution < -0.4 is 0 Å². The molecule has 0 spiro atoms. The summed E-state index contributed by atoms with van der Waals surface area (Å²) in [5.41, 5.74) is 0. The van der Waals surface area contributed by atoms with Gasteiger partial charge in [-0.3, -0.25) is 4.79 Å². The Labute approximate surface area is 76.3 Å². The zero-order valence-electron chi connectivity index (χ0n) is 7.64. The highest BCUT2D eigenvalue weighted by Gasteiger charge is 2.25. The molecule has 0 rings (SSSR count). The number of rotatable bonds is 5. The second-order valence-corrected chi connectivity index (χ2v) is 2.78. The van der Waals surface area contributed by atoms with Crippen LogP contribution in [0.4, 0.5) is 0 Å². The highest BCUT2D eigenvalue weighted by atomic mass is 16.6. The van der Waals surface area contributed by atoms with Gasteiger partial charge in [-0.1, -0.05) is 0 Å². The summed E-state index contributed by atoms with van der Waals surface area (Å²) in [5.74, 6) is -0.591. The molecule has 0 aliphatic rings. The Balaban J connectivity index is 4.21. The molecule has 0 aliphatic heterocycles. The Morgan fingerprint density at radius 2 is 2.08 bits per heavy atom. The summed E-state index contributed by atoms with van der Waals surface area (Å²) in [4.78, 5) is 20.7. The van der Waals surface area contributed by atoms with Crippen LogP contribution in [0.15, 0.2) is 0 Å². The molecule has 0 amide bonds. The minimum atomic E-state index is -1.23. The summed E-state index contributed by atoms with van der Waals surface area (Å²) < 4.78 is 4.63. The van der Waals surface area contributed by atoms with Gasteiger partial charge in [0.1, 0.15) is 18.5 Å². The molecule has 5 heteroatoms. The lowest BCUT2D eigenvalue weighted by atomic mass is 10.1. The number of aldehydes is 1. The van der Waals surface area contributed by atoms with Crippen molar-refractivity contribution in [2.24, 2.45) is 0 Å². The minimum absolute atomic E-state index is 0.119. The number of esters is 1. The van der Waals surface area contributed by atoms with E-state index in [1.165, 1.54) is 13.8 Å². The molecule has 0 heterocycles. The first-order valence-electron chi connectivity index (χ1n) is 3.96. The lowest BCUT2D eigenvalue weighted by Gasteiger charge is -2.22. The van der Waals surface area contributed by atoms with E-state index in [1.807, 2.05) is 0 Å². The zero-order valence-corrected chi connectivity index (χ0v) is 7.64. The number of carbonyl (C=O) groups is 2. The van der Waals surface area contributed by atoms with Crippen molar-refractivity contribution in [3.8, 4) is 0 Å². The molecular formula is C8H14O5. The molecule has 2 N–H and O–H groups in total. The maximum atomic E-state index is 10.5. The number of ether oxygens (including phenoxy) is 1. The summed E-state index contributed by atoms with van der Waals surface area (Å²) >= 11 is 0. The van der Waals surface area contributed by atoms with Gasteiger partial charge < -0.3 is 19.7 Å². The molecule has 0 aromatic heterocycles. The lowest BCUT2D eigenvalue weighted by Crippen LogP contribution is -2.38. The molecule has 5 nitrogen and oxygen atoms in total. The fourth-order valence-corrected chi connectivity index (χ4v) is 0.876. The maximum Gasteiger partial charge on any atom is 0.303 e. The number of hydrogen-bond donors (Lipinski definition) is 2. The van der Waals surface area contributed by atoms with Crippen molar-refractivity contribution in [2.75, 3.05) is 0 Å². The van der Waals surface area contributed by atoms with Crippen LogP contribution in [-0.4, -0.2) is 40.8 Å². The molecule has 0 bridgehead atoms. The highest BCUT2D eigenvalue weighted by molar-refractivity contribution is 5.66. The first-order chi connectivity index (χ1) is 5.99. The third kappa shape index (κ3) is 4.59. The van der Waals surface area contributed by atoms with Crippen molar-refractivity contribution in [3.63, 3.8) is 0 Å². The largest absolute Gasteiger partial charge is 0.459 e.